The van der Waals surface area contributed by atoms with Crippen LogP contribution in [-0.4, -0.2) is 40.4 Å². The van der Waals surface area contributed by atoms with E-state index in [-0.39, 0.29) is 18.3 Å². The summed E-state index contributed by atoms with van der Waals surface area (Å²) in [6.45, 7) is 5.38. The van der Waals surface area contributed by atoms with Crippen LogP contribution in [0.4, 0.5) is 0 Å². The van der Waals surface area contributed by atoms with Gasteiger partial charge in [-0.25, -0.2) is 0 Å². The van der Waals surface area contributed by atoms with Crippen LogP contribution in [0.3, 0.4) is 0 Å². The lowest BCUT2D eigenvalue weighted by molar-refractivity contribution is -0.137. The quantitative estimate of drug-likeness (QED) is 0.560. The van der Waals surface area contributed by atoms with Crippen molar-refractivity contribution < 1.29 is 15.0 Å². The third-order valence-corrected chi connectivity index (χ3v) is 3.02. The van der Waals surface area contributed by atoms with Gasteiger partial charge in [-0.2, -0.15) is 0 Å². The molecule has 0 amide bonds. The maximum Gasteiger partial charge on any atom is 0.303 e. The van der Waals surface area contributed by atoms with Crippen molar-refractivity contribution in [2.75, 3.05) is 13.1 Å². The molecule has 0 spiro atoms. The Balaban J connectivity index is 2.26. The number of rotatable bonds is 8. The van der Waals surface area contributed by atoms with Crippen molar-refractivity contribution in [3.63, 3.8) is 0 Å². The summed E-state index contributed by atoms with van der Waals surface area (Å²) in [6, 6.07) is 2.03. The summed E-state index contributed by atoms with van der Waals surface area (Å²) in [4.78, 5) is 13.4. The van der Waals surface area contributed by atoms with Gasteiger partial charge in [0.1, 0.15) is 0 Å². The summed E-state index contributed by atoms with van der Waals surface area (Å²) >= 11 is 0. The Morgan fingerprint density at radius 1 is 1.56 bits per heavy atom. The molecule has 1 unspecified atom stereocenters. The van der Waals surface area contributed by atoms with Crippen LogP contribution in [0, 0.1) is 0 Å². The number of hydrogen-bond acceptors (Lipinski definition) is 3. The van der Waals surface area contributed by atoms with Crippen molar-refractivity contribution in [1.82, 2.24) is 10.3 Å². The predicted molar refractivity (Wildman–Crippen MR) is 69.6 cm³/mol. The first-order valence-electron chi connectivity index (χ1n) is 6.15. The van der Waals surface area contributed by atoms with E-state index in [0.29, 0.717) is 6.54 Å². The zero-order chi connectivity index (χ0) is 13.6. The molecule has 0 radical (unpaired) electrons. The molecule has 1 rings (SSSR count). The minimum atomic E-state index is -0.873. The molecule has 0 aliphatic heterocycles. The van der Waals surface area contributed by atoms with E-state index in [1.807, 2.05) is 18.5 Å². The normalized spacial score (nSPS) is 13.5. The first-order valence-corrected chi connectivity index (χ1v) is 6.15. The van der Waals surface area contributed by atoms with E-state index in [0.717, 1.165) is 6.54 Å². The molecule has 18 heavy (non-hydrogen) atoms. The molecule has 5 nitrogen and oxygen atoms in total. The fourth-order valence-electron chi connectivity index (χ4n) is 1.79. The largest absolute Gasteiger partial charge is 0.481 e. The maximum atomic E-state index is 10.4. The van der Waals surface area contributed by atoms with Crippen LogP contribution in [0.1, 0.15) is 32.3 Å². The average Bonchev–Trinajstić information content (AvgIpc) is 2.80. The van der Waals surface area contributed by atoms with Crippen molar-refractivity contribution >= 4 is 5.97 Å². The summed E-state index contributed by atoms with van der Waals surface area (Å²) in [7, 11) is 0. The Labute approximate surface area is 107 Å². The predicted octanol–water partition coefficient (Wildman–Crippen LogP) is 1.11. The molecule has 0 fully saturated rings. The monoisotopic (exact) mass is 254 g/mol. The highest BCUT2D eigenvalue weighted by atomic mass is 16.4. The number of aliphatic hydroxyl groups is 1. The van der Waals surface area contributed by atoms with Gasteiger partial charge < -0.3 is 20.5 Å². The summed E-state index contributed by atoms with van der Waals surface area (Å²) in [5.41, 5.74) is 1.18. The highest BCUT2D eigenvalue weighted by Gasteiger charge is 2.20. The first-order chi connectivity index (χ1) is 8.42. The van der Waals surface area contributed by atoms with E-state index in [9.17, 15) is 9.90 Å². The molecule has 1 heterocycles. The number of H-pyrrole nitrogens is 1. The molecule has 1 aromatic heterocycles. The molecule has 0 aromatic carbocycles. The Morgan fingerprint density at radius 3 is 2.83 bits per heavy atom. The Kier molecular flexibility index (Phi) is 5.37. The van der Waals surface area contributed by atoms with E-state index in [1.54, 1.807) is 0 Å². The molecule has 0 saturated heterocycles. The van der Waals surface area contributed by atoms with Crippen molar-refractivity contribution in [2.24, 2.45) is 0 Å². The van der Waals surface area contributed by atoms with Gasteiger partial charge in [0.25, 0.3) is 0 Å². The Hall–Kier alpha value is -1.33. The van der Waals surface area contributed by atoms with Crippen molar-refractivity contribution in [2.45, 2.75) is 38.2 Å². The van der Waals surface area contributed by atoms with Gasteiger partial charge in [0.05, 0.1) is 6.10 Å². The van der Waals surface area contributed by atoms with Crippen LogP contribution in [0.25, 0.3) is 0 Å². The second-order valence-electron chi connectivity index (χ2n) is 5.20. The molecule has 1 aromatic rings. The van der Waals surface area contributed by atoms with Crippen molar-refractivity contribution in [3.05, 3.63) is 24.0 Å². The van der Waals surface area contributed by atoms with Gasteiger partial charge in [-0.1, -0.05) is 13.8 Å². The highest BCUT2D eigenvalue weighted by Crippen LogP contribution is 2.21. The van der Waals surface area contributed by atoms with E-state index >= 15 is 0 Å². The molecule has 0 saturated carbocycles. The smallest absolute Gasteiger partial charge is 0.303 e. The minimum Gasteiger partial charge on any atom is -0.481 e. The SMILES string of the molecule is CC(C)(CNCC(O)CCC(=O)O)c1cc[nH]c1. The van der Waals surface area contributed by atoms with Crippen LogP contribution in [0.15, 0.2) is 18.5 Å². The number of aromatic nitrogens is 1. The number of carboxylic acids is 1. The van der Waals surface area contributed by atoms with Crippen molar-refractivity contribution in [1.29, 1.82) is 0 Å². The van der Waals surface area contributed by atoms with Crippen LogP contribution in [0.2, 0.25) is 0 Å². The van der Waals surface area contributed by atoms with E-state index in [2.05, 4.69) is 24.1 Å². The summed E-state index contributed by atoms with van der Waals surface area (Å²) in [6.07, 6.45) is 3.53. The van der Waals surface area contributed by atoms with Gasteiger partial charge in [-0.05, 0) is 18.1 Å². The number of aliphatic hydroxyl groups excluding tert-OH is 1. The van der Waals surface area contributed by atoms with Crippen molar-refractivity contribution in [3.8, 4) is 0 Å². The molecule has 4 N–H and O–H groups in total. The lowest BCUT2D eigenvalue weighted by Crippen LogP contribution is -2.37. The summed E-state index contributed by atoms with van der Waals surface area (Å²) in [5.74, 6) is -0.873. The first kappa shape index (κ1) is 14.7. The molecule has 0 aliphatic rings. The lowest BCUT2D eigenvalue weighted by Gasteiger charge is -2.25. The van der Waals surface area contributed by atoms with Crippen LogP contribution < -0.4 is 5.32 Å². The number of carbonyl (C=O) groups is 1. The molecule has 0 bridgehead atoms. The Bertz CT molecular complexity index is 360. The minimum absolute atomic E-state index is 0.00402. The second-order valence-corrected chi connectivity index (χ2v) is 5.20. The third-order valence-electron chi connectivity index (χ3n) is 3.02. The van der Waals surface area contributed by atoms with Gasteiger partial charge >= 0.3 is 5.97 Å². The highest BCUT2D eigenvalue weighted by molar-refractivity contribution is 5.66. The van der Waals surface area contributed by atoms with Gasteiger partial charge in [-0.15, -0.1) is 0 Å². The zero-order valence-corrected chi connectivity index (χ0v) is 10.9. The zero-order valence-electron chi connectivity index (χ0n) is 10.9. The molecule has 1 atom stereocenters. The van der Waals surface area contributed by atoms with Gasteiger partial charge in [0, 0.05) is 37.3 Å². The van der Waals surface area contributed by atoms with Crippen LogP contribution >= 0.6 is 0 Å². The molecular weight excluding hydrogens is 232 g/mol. The van der Waals surface area contributed by atoms with Crippen LogP contribution in [-0.2, 0) is 10.2 Å². The number of aliphatic carboxylic acids is 1. The fraction of sp³-hybridized carbons (Fsp3) is 0.615. The molecular formula is C13H22N2O3. The van der Waals surface area contributed by atoms with Gasteiger partial charge in [0.15, 0.2) is 0 Å². The summed E-state index contributed by atoms with van der Waals surface area (Å²) in [5, 5.41) is 21.3. The summed E-state index contributed by atoms with van der Waals surface area (Å²) < 4.78 is 0. The standard InChI is InChI=1S/C13H22N2O3/c1-13(2,10-5-6-14-7-10)9-15-8-11(16)3-4-12(17)18/h5-7,11,14-16H,3-4,8-9H2,1-2H3,(H,17,18). The number of hydrogen-bond donors (Lipinski definition) is 4. The number of carboxylic acid groups (broad SMARTS) is 1. The van der Waals surface area contributed by atoms with E-state index in [1.165, 1.54) is 5.56 Å². The number of nitrogens with one attached hydrogen (secondary N) is 2. The second kappa shape index (κ2) is 6.56. The number of aromatic amines is 1. The molecule has 0 aliphatic carbocycles. The topological polar surface area (TPSA) is 85.3 Å². The molecule has 102 valence electrons. The third kappa shape index (κ3) is 4.89. The Morgan fingerprint density at radius 2 is 2.28 bits per heavy atom. The van der Waals surface area contributed by atoms with Crippen LogP contribution in [0.5, 0.6) is 0 Å². The average molecular weight is 254 g/mol. The van der Waals surface area contributed by atoms with Gasteiger partial charge in [0.2, 0.25) is 0 Å². The van der Waals surface area contributed by atoms with Gasteiger partial charge in [-0.3, -0.25) is 4.79 Å². The molecule has 5 heteroatoms. The maximum absolute atomic E-state index is 10.4. The lowest BCUT2D eigenvalue weighted by atomic mass is 9.86. The van der Waals surface area contributed by atoms with E-state index < -0.39 is 12.1 Å². The fourth-order valence-corrected chi connectivity index (χ4v) is 1.79. The van der Waals surface area contributed by atoms with E-state index in [4.69, 9.17) is 5.11 Å².